The molecule has 1 aromatic carbocycles. The lowest BCUT2D eigenvalue weighted by atomic mass is 9.98. The molecular formula is C29H24FN5O2. The Hall–Kier alpha value is -4.59. The highest BCUT2D eigenvalue weighted by Gasteiger charge is 2.27. The van der Waals surface area contributed by atoms with E-state index in [1.165, 1.54) is 6.07 Å². The van der Waals surface area contributed by atoms with Gasteiger partial charge in [-0.2, -0.15) is 0 Å². The van der Waals surface area contributed by atoms with Gasteiger partial charge in [0.25, 0.3) is 11.5 Å². The molecule has 0 N–H and O–H groups in total. The summed E-state index contributed by atoms with van der Waals surface area (Å²) < 4.78 is 18.0. The molecule has 8 heteroatoms. The van der Waals surface area contributed by atoms with Gasteiger partial charge in [0, 0.05) is 62.0 Å². The number of carbonyl (C=O) groups excluding carboxylic acids is 1. The second-order valence-corrected chi connectivity index (χ2v) is 9.23. The molecule has 7 nitrogen and oxygen atoms in total. The van der Waals surface area contributed by atoms with E-state index in [0.717, 1.165) is 16.8 Å². The van der Waals surface area contributed by atoms with E-state index >= 15 is 0 Å². The molecule has 37 heavy (non-hydrogen) atoms. The number of amides is 1. The van der Waals surface area contributed by atoms with E-state index in [0.29, 0.717) is 48.5 Å². The lowest BCUT2D eigenvalue weighted by molar-refractivity contribution is 0.0726. The summed E-state index contributed by atoms with van der Waals surface area (Å²) in [5.41, 5.74) is 4.58. The number of hydrogen-bond acceptors (Lipinski definition) is 4. The number of pyridine rings is 3. The van der Waals surface area contributed by atoms with E-state index in [2.05, 4.69) is 9.97 Å². The molecule has 0 radical (unpaired) electrons. The van der Waals surface area contributed by atoms with Crippen molar-refractivity contribution in [3.05, 3.63) is 135 Å². The summed E-state index contributed by atoms with van der Waals surface area (Å²) in [7, 11) is 0. The van der Waals surface area contributed by atoms with E-state index in [9.17, 15) is 14.0 Å². The predicted octanol–water partition coefficient (Wildman–Crippen LogP) is 3.87. The number of imidazole rings is 1. The molecule has 0 unspecified atom stereocenters. The van der Waals surface area contributed by atoms with Crippen molar-refractivity contribution in [2.75, 3.05) is 6.54 Å². The van der Waals surface area contributed by atoms with Crippen LogP contribution in [0.3, 0.4) is 0 Å². The third kappa shape index (κ3) is 4.42. The van der Waals surface area contributed by atoms with E-state index in [-0.39, 0.29) is 23.7 Å². The lowest BCUT2D eigenvalue weighted by Gasteiger charge is -2.31. The van der Waals surface area contributed by atoms with Crippen LogP contribution in [0.2, 0.25) is 0 Å². The Balaban J connectivity index is 1.38. The Morgan fingerprint density at radius 1 is 1.03 bits per heavy atom. The van der Waals surface area contributed by atoms with Gasteiger partial charge in [-0.05, 0) is 47.0 Å². The van der Waals surface area contributed by atoms with Gasteiger partial charge in [0.1, 0.15) is 17.2 Å². The lowest BCUT2D eigenvalue weighted by Crippen LogP contribution is -2.40. The summed E-state index contributed by atoms with van der Waals surface area (Å²) in [5.74, 6) is -0.503. The largest absolute Gasteiger partial charge is 0.332 e. The van der Waals surface area contributed by atoms with Gasteiger partial charge >= 0.3 is 0 Å². The van der Waals surface area contributed by atoms with Crippen molar-refractivity contribution in [2.24, 2.45) is 0 Å². The summed E-state index contributed by atoms with van der Waals surface area (Å²) >= 11 is 0. The van der Waals surface area contributed by atoms with Gasteiger partial charge in [-0.15, -0.1) is 0 Å². The minimum absolute atomic E-state index is 0.147. The molecule has 0 aliphatic carbocycles. The Kier molecular flexibility index (Phi) is 5.84. The maximum absolute atomic E-state index is 14.5. The fourth-order valence-corrected chi connectivity index (χ4v) is 4.97. The minimum atomic E-state index is -0.345. The molecule has 0 bridgehead atoms. The van der Waals surface area contributed by atoms with Crippen LogP contribution in [0.1, 0.15) is 38.4 Å². The first-order valence-electron chi connectivity index (χ1n) is 12.2. The zero-order valence-electron chi connectivity index (χ0n) is 20.0. The fraction of sp³-hybridized carbons (Fsp3) is 0.172. The van der Waals surface area contributed by atoms with Gasteiger partial charge in [-0.25, -0.2) is 9.37 Å². The third-order valence-electron chi connectivity index (χ3n) is 6.82. The normalized spacial score (nSPS) is 13.1. The molecule has 1 aliphatic heterocycles. The predicted molar refractivity (Wildman–Crippen MR) is 137 cm³/mol. The Bertz CT molecular complexity index is 1640. The number of nitrogens with zero attached hydrogens (tertiary/aromatic N) is 5. The maximum atomic E-state index is 14.5. The molecule has 184 valence electrons. The van der Waals surface area contributed by atoms with Crippen LogP contribution in [0, 0.1) is 5.82 Å². The first-order valence-corrected chi connectivity index (χ1v) is 12.2. The van der Waals surface area contributed by atoms with Gasteiger partial charge < -0.3 is 13.9 Å². The van der Waals surface area contributed by atoms with Crippen molar-refractivity contribution >= 4 is 11.6 Å². The maximum Gasteiger partial charge on any atom is 0.274 e. The number of benzene rings is 1. The first kappa shape index (κ1) is 22.8. The summed E-state index contributed by atoms with van der Waals surface area (Å²) in [6.07, 6.45) is 7.73. The van der Waals surface area contributed by atoms with Crippen molar-refractivity contribution in [3.63, 3.8) is 0 Å². The Morgan fingerprint density at radius 2 is 1.89 bits per heavy atom. The minimum Gasteiger partial charge on any atom is -0.332 e. The SMILES string of the molecule is O=C(c1cn2ccccc2n1)N1CCc2c(cc(Cc3ccccc3F)c(=O)n2Cc2cccnc2)C1. The van der Waals surface area contributed by atoms with Crippen molar-refractivity contribution in [2.45, 2.75) is 25.9 Å². The van der Waals surface area contributed by atoms with Crippen LogP contribution in [-0.4, -0.2) is 36.3 Å². The van der Waals surface area contributed by atoms with Crippen molar-refractivity contribution < 1.29 is 9.18 Å². The van der Waals surface area contributed by atoms with Gasteiger partial charge in [0.15, 0.2) is 0 Å². The van der Waals surface area contributed by atoms with Gasteiger partial charge in [-0.1, -0.05) is 30.3 Å². The van der Waals surface area contributed by atoms with E-state index in [1.807, 2.05) is 47.0 Å². The zero-order chi connectivity index (χ0) is 25.4. The summed E-state index contributed by atoms with van der Waals surface area (Å²) in [4.78, 5) is 37.4. The number of halogens is 1. The van der Waals surface area contributed by atoms with Crippen LogP contribution >= 0.6 is 0 Å². The number of rotatable bonds is 5. The van der Waals surface area contributed by atoms with Crippen LogP contribution in [0.15, 0.2) is 90.2 Å². The van der Waals surface area contributed by atoms with Crippen LogP contribution in [0.5, 0.6) is 0 Å². The Morgan fingerprint density at radius 3 is 2.70 bits per heavy atom. The molecule has 1 amide bonds. The Labute approximate surface area is 212 Å². The highest BCUT2D eigenvalue weighted by Crippen LogP contribution is 2.23. The standard InChI is InChI=1S/C29H24FN5O2/c30-24-8-2-1-7-21(24)14-22-15-23-18-34(29(37)25-19-33-12-4-3-9-27(33)32-25)13-10-26(23)35(28(22)36)17-20-6-5-11-31-16-20/h1-9,11-12,15-16,19H,10,13-14,17-18H2. The third-order valence-corrected chi connectivity index (χ3v) is 6.82. The smallest absolute Gasteiger partial charge is 0.274 e. The second kappa shape index (κ2) is 9.46. The van der Waals surface area contributed by atoms with E-state index in [1.54, 1.807) is 46.3 Å². The highest BCUT2D eigenvalue weighted by molar-refractivity contribution is 5.93. The van der Waals surface area contributed by atoms with Crippen LogP contribution in [-0.2, 0) is 25.9 Å². The summed E-state index contributed by atoms with van der Waals surface area (Å²) in [6, 6.07) is 17.7. The molecule has 0 fully saturated rings. The molecule has 0 atom stereocenters. The van der Waals surface area contributed by atoms with Crippen LogP contribution in [0.4, 0.5) is 4.39 Å². The highest BCUT2D eigenvalue weighted by atomic mass is 19.1. The topological polar surface area (TPSA) is 72.5 Å². The molecule has 0 saturated heterocycles. The number of hydrogen-bond donors (Lipinski definition) is 0. The fourth-order valence-electron chi connectivity index (χ4n) is 4.97. The number of carbonyl (C=O) groups is 1. The molecule has 5 aromatic rings. The van der Waals surface area contributed by atoms with Crippen LogP contribution in [0.25, 0.3) is 5.65 Å². The molecule has 5 heterocycles. The zero-order valence-corrected chi connectivity index (χ0v) is 20.0. The van der Waals surface area contributed by atoms with Gasteiger partial charge in [0.2, 0.25) is 0 Å². The van der Waals surface area contributed by atoms with E-state index in [4.69, 9.17) is 0 Å². The quantitative estimate of drug-likeness (QED) is 0.373. The van der Waals surface area contributed by atoms with Crippen molar-refractivity contribution in [3.8, 4) is 0 Å². The average molecular weight is 494 g/mol. The number of aromatic nitrogens is 4. The van der Waals surface area contributed by atoms with Gasteiger partial charge in [-0.3, -0.25) is 14.6 Å². The average Bonchev–Trinajstić information content (AvgIpc) is 3.36. The second-order valence-electron chi connectivity index (χ2n) is 9.23. The summed E-state index contributed by atoms with van der Waals surface area (Å²) in [6.45, 7) is 1.18. The van der Waals surface area contributed by atoms with Crippen molar-refractivity contribution in [1.82, 2.24) is 23.8 Å². The monoisotopic (exact) mass is 493 g/mol. The molecule has 4 aromatic heterocycles. The molecular weight excluding hydrogens is 469 g/mol. The molecule has 1 aliphatic rings. The number of fused-ring (bicyclic) bond motifs is 2. The molecule has 6 rings (SSSR count). The van der Waals surface area contributed by atoms with E-state index < -0.39 is 0 Å². The molecule has 0 saturated carbocycles. The summed E-state index contributed by atoms with van der Waals surface area (Å²) in [5, 5.41) is 0. The van der Waals surface area contributed by atoms with Gasteiger partial charge in [0.05, 0.1) is 6.54 Å². The first-order chi connectivity index (χ1) is 18.1. The van der Waals surface area contributed by atoms with Crippen molar-refractivity contribution in [1.29, 1.82) is 0 Å². The van der Waals surface area contributed by atoms with Crippen LogP contribution < -0.4 is 5.56 Å². The molecule has 0 spiro atoms.